The topological polar surface area (TPSA) is 9.23 Å². The van der Waals surface area contributed by atoms with Crippen molar-refractivity contribution in [3.8, 4) is 5.75 Å². The van der Waals surface area contributed by atoms with Crippen LogP contribution < -0.4 is 4.74 Å². The number of rotatable bonds is 4. The van der Waals surface area contributed by atoms with Gasteiger partial charge in [0.25, 0.3) is 0 Å². The number of hydrogen-bond donors (Lipinski definition) is 0. The van der Waals surface area contributed by atoms with Crippen molar-refractivity contribution in [2.24, 2.45) is 0 Å². The van der Waals surface area contributed by atoms with Crippen LogP contribution in [0.1, 0.15) is 0 Å². The molecule has 0 aromatic heterocycles. The lowest BCUT2D eigenvalue weighted by atomic mass is 10.3. The maximum atomic E-state index is 5.43. The minimum absolute atomic E-state index is 0.797. The monoisotopic (exact) mass is 168 g/mol. The predicted octanol–water partition coefficient (Wildman–Crippen LogP) is 2.43. The molecule has 0 N–H and O–H groups in total. The van der Waals surface area contributed by atoms with Gasteiger partial charge < -0.3 is 4.74 Å². The molecule has 60 valence electrons. The van der Waals surface area contributed by atoms with Gasteiger partial charge in [-0.2, -0.15) is 11.8 Å². The highest BCUT2D eigenvalue weighted by atomic mass is 32.2. The molecule has 0 bridgehead atoms. The minimum atomic E-state index is 0.797. The Balaban J connectivity index is 2.28. The summed E-state index contributed by atoms with van der Waals surface area (Å²) in [5.41, 5.74) is 0. The molecule has 1 nitrogen and oxygen atoms in total. The van der Waals surface area contributed by atoms with E-state index in [0.717, 1.165) is 18.1 Å². The molecule has 0 atom stereocenters. The number of thioether (sulfide) groups is 1. The summed E-state index contributed by atoms with van der Waals surface area (Å²) in [4.78, 5) is 0. The fourth-order valence-corrected chi connectivity index (χ4v) is 1.01. The Bertz CT molecular complexity index is 186. The molecule has 0 radical (unpaired) electrons. The molecule has 0 aliphatic heterocycles. The average molecular weight is 168 g/mol. The lowest BCUT2D eigenvalue weighted by Gasteiger charge is -2.02. The molecule has 0 spiro atoms. The van der Waals surface area contributed by atoms with Crippen LogP contribution in [0.4, 0.5) is 0 Å². The van der Waals surface area contributed by atoms with Crippen LogP contribution in [0.15, 0.2) is 30.3 Å². The lowest BCUT2D eigenvalue weighted by Crippen LogP contribution is -1.98. The molecule has 0 fully saturated rings. The van der Waals surface area contributed by atoms with Gasteiger partial charge in [0, 0.05) is 5.75 Å². The summed E-state index contributed by atoms with van der Waals surface area (Å²) < 4.78 is 5.43. The molecule has 11 heavy (non-hydrogen) atoms. The van der Waals surface area contributed by atoms with Crippen molar-refractivity contribution in [1.29, 1.82) is 0 Å². The third kappa shape index (κ3) is 3.33. The van der Waals surface area contributed by atoms with Gasteiger partial charge in [-0.25, -0.2) is 0 Å². The molecule has 0 unspecified atom stereocenters. The Hall–Kier alpha value is -0.630. The largest absolute Gasteiger partial charge is 0.493 e. The fraction of sp³-hybridized carbons (Fsp3) is 0.333. The van der Waals surface area contributed by atoms with Crippen LogP contribution in [0.25, 0.3) is 0 Å². The van der Waals surface area contributed by atoms with E-state index < -0.39 is 0 Å². The normalized spacial score (nSPS) is 9.55. The molecule has 1 rings (SSSR count). The van der Waals surface area contributed by atoms with Crippen LogP contribution in [0, 0.1) is 0 Å². The highest BCUT2D eigenvalue weighted by Gasteiger charge is 1.88. The van der Waals surface area contributed by atoms with Gasteiger partial charge in [-0.3, -0.25) is 0 Å². The Morgan fingerprint density at radius 2 is 2.00 bits per heavy atom. The maximum absolute atomic E-state index is 5.43. The van der Waals surface area contributed by atoms with E-state index in [9.17, 15) is 0 Å². The molecular weight excluding hydrogens is 156 g/mol. The second-order valence-corrected chi connectivity index (χ2v) is 3.14. The summed E-state index contributed by atoms with van der Waals surface area (Å²) >= 11 is 1.80. The van der Waals surface area contributed by atoms with E-state index in [4.69, 9.17) is 4.74 Å². The first-order chi connectivity index (χ1) is 5.43. The quantitative estimate of drug-likeness (QED) is 0.638. The summed E-state index contributed by atoms with van der Waals surface area (Å²) in [5.74, 6) is 2.01. The van der Waals surface area contributed by atoms with Gasteiger partial charge in [0.1, 0.15) is 5.75 Å². The second kappa shape index (κ2) is 5.08. The molecule has 0 aliphatic rings. The molecule has 2 heteroatoms. The first kappa shape index (κ1) is 8.47. The number of benzene rings is 1. The van der Waals surface area contributed by atoms with Gasteiger partial charge in [0.15, 0.2) is 0 Å². The van der Waals surface area contributed by atoms with Gasteiger partial charge in [0.2, 0.25) is 0 Å². The highest BCUT2D eigenvalue weighted by Crippen LogP contribution is 2.08. The molecular formula is C9H12OS. The van der Waals surface area contributed by atoms with Crippen molar-refractivity contribution in [1.82, 2.24) is 0 Å². The Morgan fingerprint density at radius 3 is 2.64 bits per heavy atom. The smallest absolute Gasteiger partial charge is 0.119 e. The van der Waals surface area contributed by atoms with Crippen LogP contribution >= 0.6 is 11.8 Å². The minimum Gasteiger partial charge on any atom is -0.493 e. The number of hydrogen-bond acceptors (Lipinski definition) is 2. The zero-order valence-corrected chi connectivity index (χ0v) is 7.43. The van der Waals surface area contributed by atoms with Gasteiger partial charge >= 0.3 is 0 Å². The van der Waals surface area contributed by atoms with E-state index in [1.54, 1.807) is 11.8 Å². The van der Waals surface area contributed by atoms with Gasteiger partial charge in [-0.1, -0.05) is 18.2 Å². The number of para-hydroxylation sites is 1. The summed E-state index contributed by atoms with van der Waals surface area (Å²) in [7, 11) is 0. The van der Waals surface area contributed by atoms with E-state index in [1.165, 1.54) is 0 Å². The third-order valence-corrected chi connectivity index (χ3v) is 1.87. The van der Waals surface area contributed by atoms with Gasteiger partial charge in [-0.05, 0) is 18.4 Å². The molecule has 0 saturated heterocycles. The van der Waals surface area contributed by atoms with Crippen LogP contribution in [-0.4, -0.2) is 18.6 Å². The first-order valence-corrected chi connectivity index (χ1v) is 4.99. The standard InChI is InChI=1S/C9H12OS/c1-11-8-7-10-9-5-3-2-4-6-9/h2-6H,7-8H2,1H3. The summed E-state index contributed by atoms with van der Waals surface area (Å²) in [6, 6.07) is 9.89. The van der Waals surface area contributed by atoms with E-state index in [2.05, 4.69) is 6.26 Å². The van der Waals surface area contributed by atoms with Gasteiger partial charge in [-0.15, -0.1) is 0 Å². The predicted molar refractivity (Wildman–Crippen MR) is 50.3 cm³/mol. The maximum Gasteiger partial charge on any atom is 0.119 e. The third-order valence-electron chi connectivity index (χ3n) is 1.30. The summed E-state index contributed by atoms with van der Waals surface area (Å²) in [6.07, 6.45) is 2.08. The van der Waals surface area contributed by atoms with Crippen molar-refractivity contribution < 1.29 is 4.74 Å². The van der Waals surface area contributed by atoms with E-state index in [0.29, 0.717) is 0 Å². The van der Waals surface area contributed by atoms with E-state index in [-0.39, 0.29) is 0 Å². The molecule has 0 heterocycles. The Morgan fingerprint density at radius 1 is 1.27 bits per heavy atom. The molecule has 0 amide bonds. The zero-order chi connectivity index (χ0) is 7.94. The Kier molecular flexibility index (Phi) is 3.91. The van der Waals surface area contributed by atoms with Crippen LogP contribution in [0.5, 0.6) is 5.75 Å². The Labute approximate surface area is 71.8 Å². The zero-order valence-electron chi connectivity index (χ0n) is 6.62. The van der Waals surface area contributed by atoms with Crippen LogP contribution in [0.2, 0.25) is 0 Å². The van der Waals surface area contributed by atoms with Gasteiger partial charge in [0.05, 0.1) is 6.61 Å². The first-order valence-electron chi connectivity index (χ1n) is 3.60. The SMILES string of the molecule is CSCCOc1ccccc1. The molecule has 0 saturated carbocycles. The van der Waals surface area contributed by atoms with Crippen molar-refractivity contribution in [3.05, 3.63) is 30.3 Å². The van der Waals surface area contributed by atoms with Crippen molar-refractivity contribution in [3.63, 3.8) is 0 Å². The fourth-order valence-electron chi connectivity index (χ4n) is 0.760. The van der Waals surface area contributed by atoms with Crippen LogP contribution in [-0.2, 0) is 0 Å². The number of ether oxygens (including phenoxy) is 1. The lowest BCUT2D eigenvalue weighted by molar-refractivity contribution is 0.344. The molecule has 1 aromatic rings. The van der Waals surface area contributed by atoms with Crippen molar-refractivity contribution >= 4 is 11.8 Å². The summed E-state index contributed by atoms with van der Waals surface area (Å²) in [5, 5.41) is 0. The van der Waals surface area contributed by atoms with E-state index in [1.807, 2.05) is 30.3 Å². The second-order valence-electron chi connectivity index (χ2n) is 2.15. The van der Waals surface area contributed by atoms with Crippen molar-refractivity contribution in [2.45, 2.75) is 0 Å². The van der Waals surface area contributed by atoms with E-state index >= 15 is 0 Å². The summed E-state index contributed by atoms with van der Waals surface area (Å²) in [6.45, 7) is 0.797. The average Bonchev–Trinajstić information content (AvgIpc) is 2.07. The molecule has 1 aromatic carbocycles. The van der Waals surface area contributed by atoms with Crippen LogP contribution in [0.3, 0.4) is 0 Å². The molecule has 0 aliphatic carbocycles. The van der Waals surface area contributed by atoms with Crippen molar-refractivity contribution in [2.75, 3.05) is 18.6 Å². The highest BCUT2D eigenvalue weighted by molar-refractivity contribution is 7.98.